The van der Waals surface area contributed by atoms with Crippen LogP contribution in [-0.2, 0) is 6.54 Å². The summed E-state index contributed by atoms with van der Waals surface area (Å²) in [5, 5.41) is 2.96. The number of rotatable bonds is 5. The molecule has 6 heteroatoms. The molecule has 1 aromatic carbocycles. The molecule has 0 saturated carbocycles. The molecule has 0 aliphatic carbocycles. The monoisotopic (exact) mass is 343 g/mol. The second-order valence-corrected chi connectivity index (χ2v) is 6.99. The highest BCUT2D eigenvalue weighted by molar-refractivity contribution is 7.99. The predicted molar refractivity (Wildman–Crippen MR) is 97.4 cm³/mol. The molecule has 2 N–H and O–H groups in total. The third-order valence-electron chi connectivity index (χ3n) is 4.11. The summed E-state index contributed by atoms with van der Waals surface area (Å²) in [6, 6.07) is 13.6. The van der Waals surface area contributed by atoms with Gasteiger partial charge in [0.2, 0.25) is 5.56 Å². The normalized spacial score (nSPS) is 18.2. The summed E-state index contributed by atoms with van der Waals surface area (Å²) in [5.41, 5.74) is 1.42. The Balaban J connectivity index is 1.59. The van der Waals surface area contributed by atoms with E-state index >= 15 is 0 Å². The first-order valence-corrected chi connectivity index (χ1v) is 9.20. The standard InChI is InChI=1S/C18H21N3O2S/c22-17-10-15(6-7-19-17)18(23)20-11-16-13-24-9-8-21(16)12-14-4-2-1-3-5-14/h1-7,10,16H,8-9,11-13H2,(H,19,22)(H,20,23)/t16-/m1/s1. The number of carbonyl (C=O) groups is 1. The van der Waals surface area contributed by atoms with E-state index in [1.165, 1.54) is 17.8 Å². The molecule has 24 heavy (non-hydrogen) atoms. The van der Waals surface area contributed by atoms with Crippen LogP contribution in [0.4, 0.5) is 0 Å². The van der Waals surface area contributed by atoms with E-state index < -0.39 is 0 Å². The number of hydrogen-bond acceptors (Lipinski definition) is 4. The molecule has 2 aromatic rings. The smallest absolute Gasteiger partial charge is 0.251 e. The maximum Gasteiger partial charge on any atom is 0.251 e. The molecule has 126 valence electrons. The molecule has 1 aromatic heterocycles. The van der Waals surface area contributed by atoms with Crippen molar-refractivity contribution in [1.82, 2.24) is 15.2 Å². The first kappa shape index (κ1) is 16.8. The number of hydrogen-bond donors (Lipinski definition) is 2. The van der Waals surface area contributed by atoms with Gasteiger partial charge < -0.3 is 10.3 Å². The third kappa shape index (κ3) is 4.49. The Hall–Kier alpha value is -2.05. The zero-order valence-corrected chi connectivity index (χ0v) is 14.2. The fourth-order valence-electron chi connectivity index (χ4n) is 2.80. The van der Waals surface area contributed by atoms with Gasteiger partial charge in [0, 0.05) is 55.0 Å². The Kier molecular flexibility index (Phi) is 5.72. The number of aromatic nitrogens is 1. The Bertz CT molecular complexity index is 732. The van der Waals surface area contributed by atoms with Gasteiger partial charge in [-0.1, -0.05) is 30.3 Å². The average Bonchev–Trinajstić information content (AvgIpc) is 2.61. The molecule has 0 unspecified atom stereocenters. The lowest BCUT2D eigenvalue weighted by Gasteiger charge is -2.35. The van der Waals surface area contributed by atoms with Crippen LogP contribution in [0.2, 0.25) is 0 Å². The van der Waals surface area contributed by atoms with Crippen molar-refractivity contribution in [3.05, 3.63) is 70.1 Å². The summed E-state index contributed by atoms with van der Waals surface area (Å²) in [6.45, 7) is 2.50. The van der Waals surface area contributed by atoms with Crippen LogP contribution < -0.4 is 10.9 Å². The number of pyridine rings is 1. The molecule has 1 saturated heterocycles. The SMILES string of the molecule is O=C(NC[C@@H]1CSCCN1Cc1ccccc1)c1cc[nH]c(=O)c1. The van der Waals surface area contributed by atoms with E-state index in [9.17, 15) is 9.59 Å². The van der Waals surface area contributed by atoms with E-state index in [-0.39, 0.29) is 11.5 Å². The largest absolute Gasteiger partial charge is 0.350 e. The van der Waals surface area contributed by atoms with Crippen LogP contribution in [0.25, 0.3) is 0 Å². The topological polar surface area (TPSA) is 65.2 Å². The van der Waals surface area contributed by atoms with Crippen LogP contribution >= 0.6 is 11.8 Å². The molecule has 1 fully saturated rings. The van der Waals surface area contributed by atoms with Crippen LogP contribution in [0.15, 0.2) is 53.5 Å². The molecule has 0 bridgehead atoms. The Morgan fingerprint density at radius 1 is 1.29 bits per heavy atom. The number of nitrogens with one attached hydrogen (secondary N) is 2. The van der Waals surface area contributed by atoms with Crippen molar-refractivity contribution in [2.24, 2.45) is 0 Å². The van der Waals surface area contributed by atoms with Crippen molar-refractivity contribution >= 4 is 17.7 Å². The van der Waals surface area contributed by atoms with E-state index in [1.807, 2.05) is 17.8 Å². The van der Waals surface area contributed by atoms with Gasteiger partial charge in [-0.25, -0.2) is 0 Å². The Labute approximate surface area is 145 Å². The number of aromatic amines is 1. The molecule has 1 amide bonds. The van der Waals surface area contributed by atoms with E-state index in [4.69, 9.17) is 0 Å². The van der Waals surface area contributed by atoms with Gasteiger partial charge in [0.1, 0.15) is 0 Å². The zero-order chi connectivity index (χ0) is 16.8. The minimum Gasteiger partial charge on any atom is -0.350 e. The second-order valence-electron chi connectivity index (χ2n) is 5.84. The highest BCUT2D eigenvalue weighted by atomic mass is 32.2. The number of thioether (sulfide) groups is 1. The molecule has 1 atom stereocenters. The molecule has 1 aliphatic heterocycles. The molecule has 1 aliphatic rings. The van der Waals surface area contributed by atoms with Gasteiger partial charge in [-0.2, -0.15) is 11.8 Å². The van der Waals surface area contributed by atoms with Crippen LogP contribution in [0.3, 0.4) is 0 Å². The fraction of sp³-hybridized carbons (Fsp3) is 0.333. The predicted octanol–water partition coefficient (Wildman–Crippen LogP) is 1.72. The second kappa shape index (κ2) is 8.17. The Morgan fingerprint density at radius 2 is 2.12 bits per heavy atom. The van der Waals surface area contributed by atoms with Gasteiger partial charge in [-0.3, -0.25) is 14.5 Å². The van der Waals surface area contributed by atoms with E-state index in [2.05, 4.69) is 39.5 Å². The molecular weight excluding hydrogens is 322 g/mol. The lowest BCUT2D eigenvalue weighted by Crippen LogP contribution is -2.48. The van der Waals surface area contributed by atoms with E-state index in [1.54, 1.807) is 6.07 Å². The third-order valence-corrected chi connectivity index (χ3v) is 5.21. The van der Waals surface area contributed by atoms with Crippen molar-refractivity contribution in [3.63, 3.8) is 0 Å². The van der Waals surface area contributed by atoms with Crippen molar-refractivity contribution in [2.75, 3.05) is 24.6 Å². The summed E-state index contributed by atoms with van der Waals surface area (Å²) >= 11 is 1.92. The first-order valence-electron chi connectivity index (χ1n) is 8.05. The lowest BCUT2D eigenvalue weighted by molar-refractivity contribution is 0.0935. The molecular formula is C18H21N3O2S. The number of carbonyl (C=O) groups excluding carboxylic acids is 1. The summed E-state index contributed by atoms with van der Waals surface area (Å²) in [7, 11) is 0. The first-order chi connectivity index (χ1) is 11.7. The van der Waals surface area contributed by atoms with Crippen LogP contribution in [-0.4, -0.2) is 46.4 Å². The van der Waals surface area contributed by atoms with Crippen molar-refractivity contribution < 1.29 is 4.79 Å². The molecule has 0 spiro atoms. The summed E-state index contributed by atoms with van der Waals surface area (Å²) in [6.07, 6.45) is 1.50. The van der Waals surface area contributed by atoms with Crippen LogP contribution in [0, 0.1) is 0 Å². The summed E-state index contributed by atoms with van der Waals surface area (Å²) in [5.74, 6) is 1.92. The minimum absolute atomic E-state index is 0.198. The fourth-order valence-corrected chi connectivity index (χ4v) is 3.93. The van der Waals surface area contributed by atoms with Gasteiger partial charge >= 0.3 is 0 Å². The molecule has 0 radical (unpaired) electrons. The van der Waals surface area contributed by atoms with Crippen molar-refractivity contribution in [2.45, 2.75) is 12.6 Å². The van der Waals surface area contributed by atoms with Gasteiger partial charge in [-0.15, -0.1) is 0 Å². The quantitative estimate of drug-likeness (QED) is 0.868. The van der Waals surface area contributed by atoms with Gasteiger partial charge in [0.05, 0.1) is 0 Å². The lowest BCUT2D eigenvalue weighted by atomic mass is 10.1. The Morgan fingerprint density at radius 3 is 2.92 bits per heavy atom. The van der Waals surface area contributed by atoms with Gasteiger partial charge in [0.15, 0.2) is 0 Å². The van der Waals surface area contributed by atoms with Crippen molar-refractivity contribution in [3.8, 4) is 0 Å². The van der Waals surface area contributed by atoms with Crippen molar-refractivity contribution in [1.29, 1.82) is 0 Å². The number of nitrogens with zero attached hydrogens (tertiary/aromatic N) is 1. The van der Waals surface area contributed by atoms with Gasteiger partial charge in [-0.05, 0) is 11.6 Å². The van der Waals surface area contributed by atoms with E-state index in [0.717, 1.165) is 24.6 Å². The number of H-pyrrole nitrogens is 1. The maximum atomic E-state index is 12.2. The van der Waals surface area contributed by atoms with Gasteiger partial charge in [0.25, 0.3) is 5.91 Å². The average molecular weight is 343 g/mol. The van der Waals surface area contributed by atoms with Crippen LogP contribution in [0.5, 0.6) is 0 Å². The minimum atomic E-state index is -0.262. The molecule has 5 nitrogen and oxygen atoms in total. The molecule has 2 heterocycles. The maximum absolute atomic E-state index is 12.2. The molecule has 3 rings (SSSR count). The highest BCUT2D eigenvalue weighted by Crippen LogP contribution is 2.18. The van der Waals surface area contributed by atoms with Crippen LogP contribution in [0.1, 0.15) is 15.9 Å². The zero-order valence-electron chi connectivity index (χ0n) is 13.4. The van der Waals surface area contributed by atoms with E-state index in [0.29, 0.717) is 18.2 Å². The highest BCUT2D eigenvalue weighted by Gasteiger charge is 2.23. The summed E-state index contributed by atoms with van der Waals surface area (Å²) in [4.78, 5) is 28.5. The number of benzene rings is 1. The number of amides is 1. The summed E-state index contributed by atoms with van der Waals surface area (Å²) < 4.78 is 0.